The number of aromatic amines is 2. The number of allylic oxidation sites excluding steroid dienone is 2. The summed E-state index contributed by atoms with van der Waals surface area (Å²) in [5, 5.41) is 4.53. The lowest BCUT2D eigenvalue weighted by Gasteiger charge is -2.24. The molecule has 6 heteroatoms. The van der Waals surface area contributed by atoms with Crippen LogP contribution in [0.15, 0.2) is 46.0 Å². The van der Waals surface area contributed by atoms with E-state index in [9.17, 15) is 9.59 Å². The molecule has 29 heavy (non-hydrogen) atoms. The average molecular weight is 390 g/mol. The van der Waals surface area contributed by atoms with E-state index in [1.165, 1.54) is 16.8 Å². The van der Waals surface area contributed by atoms with Crippen molar-refractivity contribution >= 4 is 5.57 Å². The summed E-state index contributed by atoms with van der Waals surface area (Å²) >= 11 is 0. The maximum Gasteiger partial charge on any atom is 0.325 e. The molecule has 1 aliphatic rings. The Kier molecular flexibility index (Phi) is 5.09. The monoisotopic (exact) mass is 390 g/mol. The molecular weight excluding hydrogens is 364 g/mol. The molecule has 2 N–H and O–H groups in total. The zero-order valence-corrected chi connectivity index (χ0v) is 17.1. The van der Waals surface area contributed by atoms with Crippen molar-refractivity contribution in [1.29, 1.82) is 0 Å². The Labute approximate surface area is 169 Å². The largest absolute Gasteiger partial charge is 0.325 e. The highest BCUT2D eigenvalue weighted by Crippen LogP contribution is 2.37. The molecule has 150 valence electrons. The van der Waals surface area contributed by atoms with Crippen LogP contribution in [0.1, 0.15) is 59.0 Å². The highest BCUT2D eigenvalue weighted by Gasteiger charge is 2.24. The van der Waals surface area contributed by atoms with Crippen LogP contribution in [-0.4, -0.2) is 19.7 Å². The van der Waals surface area contributed by atoms with Crippen LogP contribution < -0.4 is 11.2 Å². The first-order valence-electron chi connectivity index (χ1n) is 10.0. The van der Waals surface area contributed by atoms with Gasteiger partial charge in [-0.3, -0.25) is 14.5 Å². The van der Waals surface area contributed by atoms with Gasteiger partial charge < -0.3 is 4.98 Å². The first-order chi connectivity index (χ1) is 13.9. The van der Waals surface area contributed by atoms with Crippen molar-refractivity contribution in [2.75, 3.05) is 0 Å². The average Bonchev–Trinajstić information content (AvgIpc) is 2.96. The number of aromatic nitrogens is 4. The van der Waals surface area contributed by atoms with E-state index in [-0.39, 0.29) is 11.5 Å². The number of H-pyrrole nitrogens is 2. The Hall–Kier alpha value is -3.15. The molecule has 1 aromatic carbocycles. The first kappa shape index (κ1) is 19.2. The molecule has 3 aromatic rings. The van der Waals surface area contributed by atoms with Gasteiger partial charge in [-0.15, -0.1) is 0 Å². The van der Waals surface area contributed by atoms with Crippen LogP contribution in [0, 0.1) is 13.8 Å². The second-order valence-electron chi connectivity index (χ2n) is 7.83. The second-order valence-corrected chi connectivity index (χ2v) is 7.83. The predicted molar refractivity (Wildman–Crippen MR) is 114 cm³/mol. The normalized spacial score (nSPS) is 16.7. The molecule has 0 fully saturated rings. The molecule has 0 bridgehead atoms. The zero-order chi connectivity index (χ0) is 20.5. The fourth-order valence-electron chi connectivity index (χ4n) is 4.42. The van der Waals surface area contributed by atoms with Crippen molar-refractivity contribution in [2.45, 2.75) is 45.4 Å². The first-order valence-corrected chi connectivity index (χ1v) is 10.0. The molecule has 0 saturated heterocycles. The summed E-state index contributed by atoms with van der Waals surface area (Å²) in [5.41, 5.74) is 6.52. The van der Waals surface area contributed by atoms with Gasteiger partial charge in [-0.25, -0.2) is 4.79 Å². The lowest BCUT2D eigenvalue weighted by Crippen LogP contribution is -2.30. The lowest BCUT2D eigenvalue weighted by molar-refractivity contribution is 0.595. The molecule has 1 unspecified atom stereocenters. The van der Waals surface area contributed by atoms with Gasteiger partial charge in [0.2, 0.25) is 0 Å². The van der Waals surface area contributed by atoms with Crippen molar-refractivity contribution in [3.8, 4) is 0 Å². The van der Waals surface area contributed by atoms with E-state index < -0.39 is 5.69 Å². The van der Waals surface area contributed by atoms with Crippen LogP contribution in [0.5, 0.6) is 0 Å². The van der Waals surface area contributed by atoms with Gasteiger partial charge >= 0.3 is 5.69 Å². The molecule has 0 radical (unpaired) electrons. The molecule has 0 saturated carbocycles. The number of nitrogens with zero attached hydrogens (tertiary/aromatic N) is 2. The molecule has 2 aromatic heterocycles. The van der Waals surface area contributed by atoms with Crippen molar-refractivity contribution < 1.29 is 0 Å². The van der Waals surface area contributed by atoms with E-state index in [0.29, 0.717) is 12.0 Å². The molecule has 1 atom stereocenters. The molecule has 0 spiro atoms. The molecule has 6 nitrogen and oxygen atoms in total. The number of nitrogens with one attached hydrogen (secondary N) is 2. The summed E-state index contributed by atoms with van der Waals surface area (Å²) in [7, 11) is 1.97. The van der Waals surface area contributed by atoms with E-state index in [1.54, 1.807) is 0 Å². The van der Waals surface area contributed by atoms with E-state index in [4.69, 9.17) is 0 Å². The van der Waals surface area contributed by atoms with E-state index in [1.807, 2.05) is 49.0 Å². The van der Waals surface area contributed by atoms with E-state index >= 15 is 0 Å². The maximum absolute atomic E-state index is 12.6. The van der Waals surface area contributed by atoms with Gasteiger partial charge in [0, 0.05) is 41.9 Å². The third kappa shape index (κ3) is 3.75. The summed E-state index contributed by atoms with van der Waals surface area (Å²) < 4.78 is 1.92. The van der Waals surface area contributed by atoms with Crippen LogP contribution in [0.2, 0.25) is 0 Å². The third-order valence-corrected chi connectivity index (χ3v) is 5.95. The van der Waals surface area contributed by atoms with Gasteiger partial charge in [-0.2, -0.15) is 5.10 Å². The second kappa shape index (κ2) is 7.70. The number of aryl methyl sites for hydroxylation is 2. The van der Waals surface area contributed by atoms with Crippen LogP contribution >= 0.6 is 0 Å². The van der Waals surface area contributed by atoms with E-state index in [0.717, 1.165) is 36.2 Å². The summed E-state index contributed by atoms with van der Waals surface area (Å²) in [6.07, 6.45) is 5.34. The Morgan fingerprint density at radius 1 is 1.14 bits per heavy atom. The zero-order valence-electron chi connectivity index (χ0n) is 17.1. The summed E-state index contributed by atoms with van der Waals surface area (Å²) in [4.78, 5) is 29.9. The van der Waals surface area contributed by atoms with Gasteiger partial charge in [0.25, 0.3) is 5.56 Å². The Morgan fingerprint density at radius 2 is 1.90 bits per heavy atom. The van der Waals surface area contributed by atoms with Crippen molar-refractivity contribution in [1.82, 2.24) is 19.7 Å². The standard InChI is InChI=1S/C23H26N4O2/c1-14-20(15(2)27(3)26-14)17-9-11-18(12-10-17)21-19(22(28)25-23(29)24-21)13-16-7-5-4-6-8-16/h4-9,18H,10-13H2,1-3H3,(H2,24,25,28,29). The van der Waals surface area contributed by atoms with Crippen molar-refractivity contribution in [3.63, 3.8) is 0 Å². The summed E-state index contributed by atoms with van der Waals surface area (Å²) in [6, 6.07) is 9.88. The SMILES string of the molecule is Cc1nn(C)c(C)c1C1=CCC(c2[nH]c(=O)[nH]c(=O)c2Cc2ccccc2)CC1. The highest BCUT2D eigenvalue weighted by molar-refractivity contribution is 5.70. The fourth-order valence-corrected chi connectivity index (χ4v) is 4.42. The molecule has 0 amide bonds. The maximum atomic E-state index is 12.6. The molecule has 0 aliphatic heterocycles. The third-order valence-electron chi connectivity index (χ3n) is 5.95. The number of benzene rings is 1. The minimum atomic E-state index is -0.435. The van der Waals surface area contributed by atoms with Crippen molar-refractivity contribution in [2.24, 2.45) is 7.05 Å². The number of rotatable bonds is 4. The molecule has 2 heterocycles. The quantitative estimate of drug-likeness (QED) is 0.716. The van der Waals surface area contributed by atoms with Crippen molar-refractivity contribution in [3.05, 3.63) is 91.0 Å². The number of hydrogen-bond acceptors (Lipinski definition) is 3. The highest BCUT2D eigenvalue weighted by atomic mass is 16.2. The van der Waals surface area contributed by atoms with Crippen LogP contribution in [0.4, 0.5) is 0 Å². The van der Waals surface area contributed by atoms with Crippen LogP contribution in [0.25, 0.3) is 5.57 Å². The molecule has 1 aliphatic carbocycles. The summed E-state index contributed by atoms with van der Waals surface area (Å²) in [5.74, 6) is 0.129. The van der Waals surface area contributed by atoms with Crippen LogP contribution in [0.3, 0.4) is 0 Å². The predicted octanol–water partition coefficient (Wildman–Crippen LogP) is 3.36. The van der Waals surface area contributed by atoms with Gasteiger partial charge in [-0.1, -0.05) is 36.4 Å². The minimum absolute atomic E-state index is 0.129. The molecule has 4 rings (SSSR count). The van der Waals surface area contributed by atoms with Gasteiger partial charge in [0.15, 0.2) is 0 Å². The topological polar surface area (TPSA) is 83.5 Å². The Morgan fingerprint density at radius 3 is 2.52 bits per heavy atom. The lowest BCUT2D eigenvalue weighted by atomic mass is 9.82. The number of hydrogen-bond donors (Lipinski definition) is 2. The van der Waals surface area contributed by atoms with Crippen LogP contribution in [-0.2, 0) is 13.5 Å². The van der Waals surface area contributed by atoms with Gasteiger partial charge in [0.05, 0.1) is 5.69 Å². The minimum Gasteiger partial charge on any atom is -0.311 e. The fraction of sp³-hybridized carbons (Fsp3) is 0.348. The molecular formula is C23H26N4O2. The van der Waals surface area contributed by atoms with Gasteiger partial charge in [0.1, 0.15) is 0 Å². The van der Waals surface area contributed by atoms with E-state index in [2.05, 4.69) is 28.1 Å². The van der Waals surface area contributed by atoms with Gasteiger partial charge in [-0.05, 0) is 44.2 Å². The summed E-state index contributed by atoms with van der Waals surface area (Å²) in [6.45, 7) is 4.13. The smallest absolute Gasteiger partial charge is 0.311 e. The Bertz CT molecular complexity index is 1180. The Balaban J connectivity index is 1.67.